The van der Waals surface area contributed by atoms with E-state index in [1.165, 1.54) is 29.2 Å². The molecule has 3 aromatic carbocycles. The molecule has 37 heavy (non-hydrogen) atoms. The molecule has 188 valence electrons. The minimum atomic E-state index is -1.04. The number of carboxylic acid groups (broad SMARTS) is 1. The van der Waals surface area contributed by atoms with E-state index in [4.69, 9.17) is 33.0 Å². The Labute approximate surface area is 225 Å². The van der Waals surface area contributed by atoms with E-state index in [0.717, 1.165) is 11.8 Å². The largest absolute Gasteiger partial charge is 0.486 e. The molecule has 1 amide bonds. The number of nitro groups is 1. The van der Waals surface area contributed by atoms with E-state index in [9.17, 15) is 19.7 Å². The smallest absolute Gasteiger partial charge is 0.335 e. The molecular weight excluding hydrogens is 541 g/mol. The minimum Gasteiger partial charge on any atom is -0.486 e. The Kier molecular flexibility index (Phi) is 7.82. The van der Waals surface area contributed by atoms with Crippen molar-refractivity contribution in [3.05, 3.63) is 102 Å². The number of amidine groups is 1. The predicted molar refractivity (Wildman–Crippen MR) is 143 cm³/mol. The molecule has 0 saturated carbocycles. The fourth-order valence-electron chi connectivity index (χ4n) is 3.26. The van der Waals surface area contributed by atoms with Crippen molar-refractivity contribution < 1.29 is 24.4 Å². The summed E-state index contributed by atoms with van der Waals surface area (Å²) in [6.45, 7) is 0.101. The SMILES string of the molecule is CN1C(=O)/C(=C/c2cc(Cl)c(OCc3ccc([N+](=O)[O-])cc3)c(Cl)c2)SC1=Nc1ccc(C(=O)O)cc1. The molecular formula is C25H17Cl2N3O6S. The number of amides is 1. The summed E-state index contributed by atoms with van der Waals surface area (Å²) in [7, 11) is 1.59. The van der Waals surface area contributed by atoms with Crippen LogP contribution in [0.15, 0.2) is 70.6 Å². The van der Waals surface area contributed by atoms with Gasteiger partial charge in [0.15, 0.2) is 10.9 Å². The summed E-state index contributed by atoms with van der Waals surface area (Å²) in [5, 5.41) is 20.7. The number of aliphatic imine (C=N–C) groups is 1. The number of carbonyl (C=O) groups is 2. The molecule has 1 N–H and O–H groups in total. The summed E-state index contributed by atoms with van der Waals surface area (Å²) < 4.78 is 5.73. The highest BCUT2D eigenvalue weighted by Gasteiger charge is 2.30. The number of likely N-dealkylation sites (N-methyl/N-ethyl adjacent to an activating group) is 1. The standard InChI is InChI=1S/C25H17Cl2N3O6S/c1-29-23(31)21(37-25(29)28-17-6-4-16(5-7-17)24(32)33)12-15-10-19(26)22(20(27)11-15)36-13-14-2-8-18(9-3-14)30(34)35/h2-12H,13H2,1H3,(H,32,33)/b21-12-,28-25?. The minimum absolute atomic E-state index is 0.0218. The molecule has 0 bridgehead atoms. The maximum absolute atomic E-state index is 12.8. The molecule has 1 fully saturated rings. The number of hydrogen-bond acceptors (Lipinski definition) is 7. The van der Waals surface area contributed by atoms with Crippen LogP contribution in [0.2, 0.25) is 10.0 Å². The second-order valence-corrected chi connectivity index (χ2v) is 9.57. The van der Waals surface area contributed by atoms with Crippen LogP contribution in [-0.2, 0) is 11.4 Å². The lowest BCUT2D eigenvalue weighted by Crippen LogP contribution is -2.23. The molecule has 9 nitrogen and oxygen atoms in total. The summed E-state index contributed by atoms with van der Waals surface area (Å²) in [6, 6.07) is 15.1. The van der Waals surface area contributed by atoms with Gasteiger partial charge in [0, 0.05) is 19.2 Å². The van der Waals surface area contributed by atoms with Crippen molar-refractivity contribution in [3.63, 3.8) is 0 Å². The van der Waals surface area contributed by atoms with Crippen LogP contribution in [0.25, 0.3) is 6.08 Å². The Balaban J connectivity index is 1.49. The molecule has 4 rings (SSSR count). The highest BCUT2D eigenvalue weighted by Crippen LogP contribution is 2.38. The molecule has 12 heteroatoms. The quantitative estimate of drug-likeness (QED) is 0.202. The first-order chi connectivity index (χ1) is 17.6. The lowest BCUT2D eigenvalue weighted by Gasteiger charge is -2.11. The van der Waals surface area contributed by atoms with Crippen LogP contribution < -0.4 is 4.74 Å². The van der Waals surface area contributed by atoms with Gasteiger partial charge in [0.2, 0.25) is 0 Å². The van der Waals surface area contributed by atoms with Crippen LogP contribution in [0.5, 0.6) is 5.75 Å². The van der Waals surface area contributed by atoms with E-state index in [-0.39, 0.29) is 39.6 Å². The zero-order chi connectivity index (χ0) is 26.7. The normalized spacial score (nSPS) is 15.4. The molecule has 0 aromatic heterocycles. The van der Waals surface area contributed by atoms with E-state index in [1.807, 2.05) is 0 Å². The summed E-state index contributed by atoms with van der Waals surface area (Å²) >= 11 is 13.9. The number of non-ortho nitro benzene ring substituents is 1. The van der Waals surface area contributed by atoms with E-state index < -0.39 is 10.9 Å². The Morgan fingerprint density at radius 3 is 2.32 bits per heavy atom. The molecule has 0 spiro atoms. The van der Waals surface area contributed by atoms with Gasteiger partial charge in [0.25, 0.3) is 11.6 Å². The summed E-state index contributed by atoms with van der Waals surface area (Å²) in [4.78, 5) is 40.3. The van der Waals surface area contributed by atoms with Crippen molar-refractivity contribution in [2.75, 3.05) is 7.05 Å². The van der Waals surface area contributed by atoms with Gasteiger partial charge < -0.3 is 9.84 Å². The fraction of sp³-hybridized carbons (Fsp3) is 0.0800. The summed E-state index contributed by atoms with van der Waals surface area (Å²) in [5.41, 5.74) is 1.90. The Morgan fingerprint density at radius 2 is 1.76 bits per heavy atom. The van der Waals surface area contributed by atoms with E-state index in [0.29, 0.717) is 26.9 Å². The van der Waals surface area contributed by atoms with Crippen LogP contribution in [0, 0.1) is 10.1 Å². The van der Waals surface area contributed by atoms with Crippen molar-refractivity contribution in [1.29, 1.82) is 0 Å². The number of benzene rings is 3. The first-order valence-electron chi connectivity index (χ1n) is 10.6. The maximum atomic E-state index is 12.8. The molecule has 3 aromatic rings. The maximum Gasteiger partial charge on any atom is 0.335 e. The number of hydrogen-bond donors (Lipinski definition) is 1. The molecule has 1 aliphatic rings. The van der Waals surface area contributed by atoms with Gasteiger partial charge in [-0.1, -0.05) is 23.2 Å². The Bertz CT molecular complexity index is 1430. The second kappa shape index (κ2) is 11.0. The highest BCUT2D eigenvalue weighted by atomic mass is 35.5. The third kappa shape index (κ3) is 6.11. The van der Waals surface area contributed by atoms with Gasteiger partial charge in [0.1, 0.15) is 6.61 Å². The van der Waals surface area contributed by atoms with Gasteiger partial charge >= 0.3 is 5.97 Å². The van der Waals surface area contributed by atoms with E-state index in [1.54, 1.807) is 49.5 Å². The van der Waals surface area contributed by atoms with Gasteiger partial charge in [-0.25, -0.2) is 9.79 Å². The fourth-order valence-corrected chi connectivity index (χ4v) is 4.86. The van der Waals surface area contributed by atoms with Crippen molar-refractivity contribution in [1.82, 2.24) is 4.90 Å². The third-order valence-electron chi connectivity index (χ3n) is 5.19. The van der Waals surface area contributed by atoms with Crippen molar-refractivity contribution >= 4 is 69.5 Å². The van der Waals surface area contributed by atoms with Gasteiger partial charge in [-0.3, -0.25) is 19.8 Å². The lowest BCUT2D eigenvalue weighted by molar-refractivity contribution is -0.384. The summed E-state index contributed by atoms with van der Waals surface area (Å²) in [5.74, 6) is -1.05. The van der Waals surface area contributed by atoms with Crippen LogP contribution in [0.3, 0.4) is 0 Å². The number of carbonyl (C=O) groups excluding carboxylic acids is 1. The number of nitrogens with zero attached hydrogens (tertiary/aromatic N) is 3. The average Bonchev–Trinajstić information content (AvgIpc) is 3.11. The topological polar surface area (TPSA) is 122 Å². The zero-order valence-corrected chi connectivity index (χ0v) is 21.4. The van der Waals surface area contributed by atoms with Crippen LogP contribution in [-0.4, -0.2) is 39.0 Å². The van der Waals surface area contributed by atoms with E-state index >= 15 is 0 Å². The molecule has 1 heterocycles. The van der Waals surface area contributed by atoms with Gasteiger partial charge in [-0.05, 0) is 77.5 Å². The monoisotopic (exact) mass is 557 g/mol. The van der Waals surface area contributed by atoms with Crippen molar-refractivity contribution in [2.24, 2.45) is 4.99 Å². The van der Waals surface area contributed by atoms with Gasteiger partial charge in [-0.15, -0.1) is 0 Å². The lowest BCUT2D eigenvalue weighted by atomic mass is 10.2. The molecule has 1 aliphatic heterocycles. The number of ether oxygens (including phenoxy) is 1. The number of aromatic carboxylic acids is 1. The molecule has 0 aliphatic carbocycles. The van der Waals surface area contributed by atoms with Crippen LogP contribution in [0.1, 0.15) is 21.5 Å². The van der Waals surface area contributed by atoms with Crippen molar-refractivity contribution in [2.45, 2.75) is 6.61 Å². The van der Waals surface area contributed by atoms with E-state index in [2.05, 4.69) is 4.99 Å². The van der Waals surface area contributed by atoms with Gasteiger partial charge in [-0.2, -0.15) is 0 Å². The average molecular weight is 558 g/mol. The highest BCUT2D eigenvalue weighted by molar-refractivity contribution is 8.18. The first-order valence-corrected chi connectivity index (χ1v) is 12.1. The third-order valence-corrected chi connectivity index (χ3v) is 6.81. The Hall–Kier alpha value is -3.86. The van der Waals surface area contributed by atoms with Gasteiger partial charge in [0.05, 0.1) is 31.1 Å². The Morgan fingerprint density at radius 1 is 1.14 bits per heavy atom. The predicted octanol–water partition coefficient (Wildman–Crippen LogP) is 6.41. The summed E-state index contributed by atoms with van der Waals surface area (Å²) in [6.07, 6.45) is 1.64. The molecule has 0 radical (unpaired) electrons. The number of halogens is 2. The first kappa shape index (κ1) is 26.2. The molecule has 0 atom stereocenters. The number of thioether (sulfide) groups is 1. The van der Waals surface area contributed by atoms with Crippen molar-refractivity contribution in [3.8, 4) is 5.75 Å². The zero-order valence-electron chi connectivity index (χ0n) is 19.1. The number of rotatable bonds is 7. The molecule has 0 unspecified atom stereocenters. The second-order valence-electron chi connectivity index (χ2n) is 7.75. The van der Waals surface area contributed by atoms with Crippen LogP contribution in [0.4, 0.5) is 11.4 Å². The number of nitro benzene ring substituents is 1. The van der Waals surface area contributed by atoms with Crippen LogP contribution >= 0.6 is 35.0 Å². The number of carboxylic acids is 1. The molecule has 1 saturated heterocycles.